The summed E-state index contributed by atoms with van der Waals surface area (Å²) < 4.78 is 1.68. The topological polar surface area (TPSA) is 155 Å². The van der Waals surface area contributed by atoms with Gasteiger partial charge in [0.05, 0.1) is 24.6 Å². The molecule has 10 heteroatoms. The molecule has 0 amide bonds. The Bertz CT molecular complexity index is 1130. The van der Waals surface area contributed by atoms with E-state index in [0.717, 1.165) is 34.5 Å². The van der Waals surface area contributed by atoms with Crippen molar-refractivity contribution in [1.29, 1.82) is 0 Å². The lowest BCUT2D eigenvalue weighted by molar-refractivity contribution is 0.0721. The van der Waals surface area contributed by atoms with Crippen molar-refractivity contribution in [3.63, 3.8) is 0 Å². The van der Waals surface area contributed by atoms with Crippen molar-refractivity contribution in [3.8, 4) is 11.3 Å². The van der Waals surface area contributed by atoms with Gasteiger partial charge in [-0.3, -0.25) is 4.98 Å². The molecule has 4 rings (SSSR count). The maximum absolute atomic E-state index is 8.45. The van der Waals surface area contributed by atoms with E-state index in [0.29, 0.717) is 12.5 Å². The fourth-order valence-corrected chi connectivity index (χ4v) is 3.03. The van der Waals surface area contributed by atoms with Crippen molar-refractivity contribution in [1.82, 2.24) is 24.6 Å². The lowest BCUT2D eigenvalue weighted by Gasteiger charge is -2.09. The van der Waals surface area contributed by atoms with E-state index in [1.165, 1.54) is 0 Å². The second-order valence-electron chi connectivity index (χ2n) is 7.28. The van der Waals surface area contributed by atoms with Crippen molar-refractivity contribution in [2.24, 2.45) is 0 Å². The highest BCUT2D eigenvalue weighted by molar-refractivity contribution is 5.59. The molecular formula is C23H29N7O3. The summed E-state index contributed by atoms with van der Waals surface area (Å²) in [5.74, 6) is 0.798. The van der Waals surface area contributed by atoms with E-state index in [9.17, 15) is 0 Å². The molecule has 1 atom stereocenters. The molecule has 0 aliphatic rings. The van der Waals surface area contributed by atoms with Gasteiger partial charge < -0.3 is 26.4 Å². The minimum atomic E-state index is -0.745. The van der Waals surface area contributed by atoms with Crippen molar-refractivity contribution in [3.05, 3.63) is 66.0 Å². The maximum atomic E-state index is 8.45. The van der Waals surface area contributed by atoms with Crippen LogP contribution in [0.15, 0.2) is 54.9 Å². The van der Waals surface area contributed by atoms with Crippen LogP contribution in [-0.4, -0.2) is 59.2 Å². The number of aliphatic hydroxyl groups is 3. The van der Waals surface area contributed by atoms with Gasteiger partial charge in [0.25, 0.3) is 0 Å². The number of anilines is 2. The lowest BCUT2D eigenvalue weighted by atomic mass is 10.1. The van der Waals surface area contributed by atoms with E-state index >= 15 is 0 Å². The van der Waals surface area contributed by atoms with Crippen molar-refractivity contribution >= 4 is 17.5 Å². The van der Waals surface area contributed by atoms with Crippen LogP contribution < -0.4 is 11.1 Å². The summed E-state index contributed by atoms with van der Waals surface area (Å²) in [5.41, 5.74) is 10.7. The summed E-state index contributed by atoms with van der Waals surface area (Å²) in [5, 5.41) is 32.3. The third-order valence-corrected chi connectivity index (χ3v) is 4.86. The molecule has 174 valence electrons. The third-order valence-electron chi connectivity index (χ3n) is 4.86. The standard InChI is InChI=1S/C19H19N7.C4H10O3/c1-2-14-12-23-26-17(14)24-18(20)25-19(26)22-11-13-8-9-16(21-10-13)15-6-4-3-5-7-15;5-2-1-4(7)3-6/h3-10,12H,2,11H2,1H3,(H3,20,22,24,25);4-7H,1-3H2. The second kappa shape index (κ2) is 11.9. The van der Waals surface area contributed by atoms with Crippen molar-refractivity contribution in [2.45, 2.75) is 32.4 Å². The molecular weight excluding hydrogens is 422 g/mol. The van der Waals surface area contributed by atoms with Crippen LogP contribution in [-0.2, 0) is 13.0 Å². The molecule has 0 saturated carbocycles. The molecule has 0 spiro atoms. The Balaban J connectivity index is 0.000000383. The molecule has 0 fully saturated rings. The maximum Gasteiger partial charge on any atom is 0.229 e. The average Bonchev–Trinajstić information content (AvgIpc) is 3.27. The van der Waals surface area contributed by atoms with Crippen molar-refractivity contribution in [2.75, 3.05) is 24.3 Å². The van der Waals surface area contributed by atoms with Crippen LogP contribution >= 0.6 is 0 Å². The zero-order valence-corrected chi connectivity index (χ0v) is 18.5. The lowest BCUT2D eigenvalue weighted by Crippen LogP contribution is -2.12. The van der Waals surface area contributed by atoms with Gasteiger partial charge in [0, 0.05) is 30.5 Å². The number of benzene rings is 1. The van der Waals surface area contributed by atoms with Crippen LogP contribution in [0.3, 0.4) is 0 Å². The average molecular weight is 452 g/mol. The zero-order valence-electron chi connectivity index (χ0n) is 18.5. The Labute approximate surface area is 191 Å². The number of aromatic nitrogens is 5. The number of nitrogen functional groups attached to an aromatic ring is 1. The molecule has 0 aliphatic heterocycles. The number of nitrogens with one attached hydrogen (secondary N) is 1. The fraction of sp³-hybridized carbons (Fsp3) is 0.304. The SMILES string of the molecule is CCc1cnn2c(NCc3ccc(-c4ccccc4)nc3)nc(N)nc12.OCCC(O)CO. The Morgan fingerprint density at radius 1 is 1.06 bits per heavy atom. The summed E-state index contributed by atoms with van der Waals surface area (Å²) in [6, 6.07) is 14.2. The zero-order chi connectivity index (χ0) is 23.6. The number of nitrogens with zero attached hydrogens (tertiary/aromatic N) is 5. The van der Waals surface area contributed by atoms with Crippen LogP contribution in [0.5, 0.6) is 0 Å². The minimum absolute atomic E-state index is 0.0677. The van der Waals surface area contributed by atoms with E-state index in [-0.39, 0.29) is 25.6 Å². The van der Waals surface area contributed by atoms with Gasteiger partial charge in [-0.05, 0) is 24.5 Å². The molecule has 1 unspecified atom stereocenters. The van der Waals surface area contributed by atoms with E-state index < -0.39 is 6.10 Å². The van der Waals surface area contributed by atoms with Gasteiger partial charge in [0.15, 0.2) is 5.65 Å². The normalized spacial score (nSPS) is 11.6. The molecule has 3 heterocycles. The largest absolute Gasteiger partial charge is 0.396 e. The first-order chi connectivity index (χ1) is 16.0. The summed E-state index contributed by atoms with van der Waals surface area (Å²) in [4.78, 5) is 13.1. The first kappa shape index (κ1) is 24.1. The van der Waals surface area contributed by atoms with E-state index in [4.69, 9.17) is 21.1 Å². The highest BCUT2D eigenvalue weighted by Gasteiger charge is 2.11. The molecule has 3 aromatic heterocycles. The number of fused-ring (bicyclic) bond motifs is 1. The van der Waals surface area contributed by atoms with Gasteiger partial charge >= 0.3 is 0 Å². The second-order valence-corrected chi connectivity index (χ2v) is 7.28. The van der Waals surface area contributed by atoms with Gasteiger partial charge in [0.1, 0.15) is 0 Å². The number of pyridine rings is 1. The molecule has 33 heavy (non-hydrogen) atoms. The molecule has 6 N–H and O–H groups in total. The molecule has 0 aliphatic carbocycles. The first-order valence-electron chi connectivity index (χ1n) is 10.7. The summed E-state index contributed by atoms with van der Waals surface area (Å²) >= 11 is 0. The van der Waals surface area contributed by atoms with E-state index in [1.54, 1.807) is 10.7 Å². The number of hydrogen-bond donors (Lipinski definition) is 5. The van der Waals surface area contributed by atoms with Crippen molar-refractivity contribution < 1.29 is 15.3 Å². The summed E-state index contributed by atoms with van der Waals surface area (Å²) in [7, 11) is 0. The van der Waals surface area contributed by atoms with Gasteiger partial charge in [-0.1, -0.05) is 43.3 Å². The fourth-order valence-electron chi connectivity index (χ4n) is 3.03. The Morgan fingerprint density at radius 2 is 1.85 bits per heavy atom. The monoisotopic (exact) mass is 451 g/mol. The predicted molar refractivity (Wildman–Crippen MR) is 126 cm³/mol. The van der Waals surface area contributed by atoms with E-state index in [1.807, 2.05) is 48.7 Å². The van der Waals surface area contributed by atoms with Gasteiger partial charge in [-0.2, -0.15) is 19.6 Å². The van der Waals surface area contributed by atoms with Crippen LogP contribution in [0.25, 0.3) is 16.9 Å². The highest BCUT2D eigenvalue weighted by atomic mass is 16.3. The Hall–Kier alpha value is -3.60. The third kappa shape index (κ3) is 6.45. The van der Waals surface area contributed by atoms with Gasteiger partial charge in [-0.25, -0.2) is 0 Å². The molecule has 0 saturated heterocycles. The number of aryl methyl sites for hydroxylation is 1. The van der Waals surface area contributed by atoms with Crippen LogP contribution in [0.1, 0.15) is 24.5 Å². The first-order valence-corrected chi connectivity index (χ1v) is 10.7. The predicted octanol–water partition coefficient (Wildman–Crippen LogP) is 1.66. The molecule has 10 nitrogen and oxygen atoms in total. The number of hydrogen-bond acceptors (Lipinski definition) is 9. The summed E-state index contributed by atoms with van der Waals surface area (Å²) in [6.07, 6.45) is 4.01. The molecule has 4 aromatic rings. The van der Waals surface area contributed by atoms with Gasteiger partial charge in [0.2, 0.25) is 11.9 Å². The number of nitrogens with two attached hydrogens (primary N) is 1. The summed E-state index contributed by atoms with van der Waals surface area (Å²) in [6.45, 7) is 2.29. The number of aliphatic hydroxyl groups excluding tert-OH is 3. The quantitative estimate of drug-likeness (QED) is 0.269. The van der Waals surface area contributed by atoms with Crippen LogP contribution in [0.2, 0.25) is 0 Å². The molecule has 0 bridgehead atoms. The van der Waals surface area contributed by atoms with Crippen LogP contribution in [0.4, 0.5) is 11.9 Å². The Morgan fingerprint density at radius 3 is 2.45 bits per heavy atom. The van der Waals surface area contributed by atoms with E-state index in [2.05, 4.69) is 32.3 Å². The van der Waals surface area contributed by atoms with Crippen LogP contribution in [0, 0.1) is 0 Å². The Kier molecular flexibility index (Phi) is 8.64. The smallest absolute Gasteiger partial charge is 0.229 e. The highest BCUT2D eigenvalue weighted by Crippen LogP contribution is 2.18. The number of rotatable bonds is 8. The molecule has 1 aromatic carbocycles. The van der Waals surface area contributed by atoms with Gasteiger partial charge in [-0.15, -0.1) is 0 Å². The minimum Gasteiger partial charge on any atom is -0.396 e. The molecule has 0 radical (unpaired) electrons.